The summed E-state index contributed by atoms with van der Waals surface area (Å²) in [5.41, 5.74) is 6.50. The highest BCUT2D eigenvalue weighted by Crippen LogP contribution is 2.22. The molecule has 0 spiro atoms. The Balaban J connectivity index is 2.47. The highest BCUT2D eigenvalue weighted by Gasteiger charge is 2.38. The SMILES string of the molecule is CCCN(CCC)C(=O)c1cc(C(N)=O)cc(C(=O)NC(Cc2ccccc2)C(O)C(O)C(C(=O)NCC(C)C)C(C)C)c1. The van der Waals surface area contributed by atoms with E-state index in [0.717, 1.165) is 18.4 Å². The number of nitrogens with zero attached hydrogens (tertiary/aromatic N) is 1. The first-order chi connectivity index (χ1) is 20.8. The number of carbonyl (C=O) groups is 4. The molecule has 0 radical (unpaired) electrons. The van der Waals surface area contributed by atoms with Gasteiger partial charge in [-0.05, 0) is 54.9 Å². The summed E-state index contributed by atoms with van der Waals surface area (Å²) < 4.78 is 0. The Kier molecular flexibility index (Phi) is 14.5. The zero-order valence-corrected chi connectivity index (χ0v) is 26.9. The summed E-state index contributed by atoms with van der Waals surface area (Å²) >= 11 is 0. The van der Waals surface area contributed by atoms with Crippen molar-refractivity contribution in [3.63, 3.8) is 0 Å². The number of amides is 4. The zero-order valence-electron chi connectivity index (χ0n) is 26.9. The maximum absolute atomic E-state index is 13.7. The van der Waals surface area contributed by atoms with E-state index in [1.54, 1.807) is 18.7 Å². The van der Waals surface area contributed by atoms with Crippen molar-refractivity contribution in [1.29, 1.82) is 0 Å². The van der Waals surface area contributed by atoms with Gasteiger partial charge < -0.3 is 31.5 Å². The largest absolute Gasteiger partial charge is 0.390 e. The van der Waals surface area contributed by atoms with Crippen LogP contribution in [0, 0.1) is 17.8 Å². The Labute approximate surface area is 261 Å². The van der Waals surface area contributed by atoms with Crippen LogP contribution in [0.15, 0.2) is 48.5 Å². The summed E-state index contributed by atoms with van der Waals surface area (Å²) in [7, 11) is 0. The lowest BCUT2D eigenvalue weighted by molar-refractivity contribution is -0.135. The van der Waals surface area contributed by atoms with Crippen molar-refractivity contribution in [2.24, 2.45) is 23.5 Å². The molecule has 2 aromatic carbocycles. The minimum absolute atomic E-state index is 0.00386. The van der Waals surface area contributed by atoms with Crippen molar-refractivity contribution in [3.05, 3.63) is 70.8 Å². The van der Waals surface area contributed by atoms with Gasteiger partial charge in [0.25, 0.3) is 11.8 Å². The smallest absolute Gasteiger partial charge is 0.253 e. The Hall–Kier alpha value is -3.76. The average Bonchev–Trinajstić information content (AvgIpc) is 2.98. The standard InChI is InChI=1S/C34H50N4O6/c1-7-14-38(15-8-2)34(44)26-18-24(31(35)41)17-25(19-26)32(42)37-27(16-23-12-10-9-11-13-23)29(39)30(40)28(22(5)6)33(43)36-20-21(3)4/h9-13,17-19,21-22,27-30,39-40H,7-8,14-16,20H2,1-6H3,(H2,35,41)(H,36,43)(H,37,42). The summed E-state index contributed by atoms with van der Waals surface area (Å²) in [4.78, 5) is 54.0. The Bertz CT molecular complexity index is 1240. The molecular weight excluding hydrogens is 560 g/mol. The van der Waals surface area contributed by atoms with E-state index in [2.05, 4.69) is 10.6 Å². The van der Waals surface area contributed by atoms with Crippen molar-refractivity contribution < 1.29 is 29.4 Å². The Morgan fingerprint density at radius 2 is 1.41 bits per heavy atom. The molecule has 0 saturated carbocycles. The minimum Gasteiger partial charge on any atom is -0.390 e. The first kappa shape index (κ1) is 36.4. The molecule has 0 aliphatic carbocycles. The summed E-state index contributed by atoms with van der Waals surface area (Å²) in [6.45, 7) is 12.8. The van der Waals surface area contributed by atoms with Crippen molar-refractivity contribution >= 4 is 23.6 Å². The molecule has 0 heterocycles. The van der Waals surface area contributed by atoms with Gasteiger partial charge in [-0.1, -0.05) is 71.9 Å². The van der Waals surface area contributed by atoms with E-state index in [9.17, 15) is 29.4 Å². The molecule has 242 valence electrons. The summed E-state index contributed by atoms with van der Waals surface area (Å²) in [6.07, 6.45) is -1.40. The predicted molar refractivity (Wildman–Crippen MR) is 171 cm³/mol. The number of nitrogens with two attached hydrogens (primary N) is 1. The molecule has 2 rings (SSSR count). The molecule has 2 aromatic rings. The molecule has 44 heavy (non-hydrogen) atoms. The van der Waals surface area contributed by atoms with Gasteiger partial charge in [-0.3, -0.25) is 19.2 Å². The number of primary amides is 1. The number of aliphatic hydroxyl groups excluding tert-OH is 2. The maximum atomic E-state index is 13.7. The molecule has 10 nitrogen and oxygen atoms in total. The monoisotopic (exact) mass is 610 g/mol. The molecule has 4 amide bonds. The second-order valence-corrected chi connectivity index (χ2v) is 12.1. The van der Waals surface area contributed by atoms with Gasteiger partial charge in [-0.25, -0.2) is 0 Å². The third kappa shape index (κ3) is 10.4. The fourth-order valence-corrected chi connectivity index (χ4v) is 5.16. The fraction of sp³-hybridized carbons (Fsp3) is 0.529. The van der Waals surface area contributed by atoms with Crippen LogP contribution in [0.25, 0.3) is 0 Å². The third-order valence-electron chi connectivity index (χ3n) is 7.45. The van der Waals surface area contributed by atoms with Gasteiger partial charge in [-0.15, -0.1) is 0 Å². The van der Waals surface area contributed by atoms with Gasteiger partial charge >= 0.3 is 0 Å². The van der Waals surface area contributed by atoms with E-state index in [-0.39, 0.29) is 46.8 Å². The van der Waals surface area contributed by atoms with Crippen LogP contribution in [0.1, 0.15) is 91.0 Å². The van der Waals surface area contributed by atoms with Crippen molar-refractivity contribution in [2.45, 2.75) is 79.1 Å². The fourth-order valence-electron chi connectivity index (χ4n) is 5.16. The van der Waals surface area contributed by atoms with E-state index in [4.69, 9.17) is 5.73 Å². The van der Waals surface area contributed by atoms with Gasteiger partial charge in [-0.2, -0.15) is 0 Å². The minimum atomic E-state index is -1.53. The normalized spacial score (nSPS) is 14.0. The topological polar surface area (TPSA) is 162 Å². The summed E-state index contributed by atoms with van der Waals surface area (Å²) in [5, 5.41) is 28.5. The predicted octanol–water partition coefficient (Wildman–Crippen LogP) is 3.16. The molecule has 0 aliphatic rings. The second-order valence-electron chi connectivity index (χ2n) is 12.1. The maximum Gasteiger partial charge on any atom is 0.253 e. The van der Waals surface area contributed by atoms with Gasteiger partial charge in [0.1, 0.15) is 6.10 Å². The Morgan fingerprint density at radius 3 is 1.93 bits per heavy atom. The van der Waals surface area contributed by atoms with Crippen LogP contribution in [0.4, 0.5) is 0 Å². The number of rotatable bonds is 17. The van der Waals surface area contributed by atoms with Crippen LogP contribution in [-0.2, 0) is 11.2 Å². The molecule has 4 unspecified atom stereocenters. The van der Waals surface area contributed by atoms with Gasteiger partial charge in [0, 0.05) is 36.3 Å². The van der Waals surface area contributed by atoms with E-state index >= 15 is 0 Å². The molecule has 0 aliphatic heterocycles. The van der Waals surface area contributed by atoms with Crippen LogP contribution in [-0.4, -0.2) is 76.6 Å². The first-order valence-electron chi connectivity index (χ1n) is 15.5. The van der Waals surface area contributed by atoms with Crippen LogP contribution in [0.2, 0.25) is 0 Å². The number of hydrogen-bond acceptors (Lipinski definition) is 6. The van der Waals surface area contributed by atoms with Crippen LogP contribution in [0.5, 0.6) is 0 Å². The lowest BCUT2D eigenvalue weighted by Crippen LogP contribution is -2.55. The quantitative estimate of drug-likeness (QED) is 0.185. The second kappa shape index (κ2) is 17.5. The molecule has 0 aromatic heterocycles. The van der Waals surface area contributed by atoms with Crippen molar-refractivity contribution in [1.82, 2.24) is 15.5 Å². The zero-order chi connectivity index (χ0) is 33.0. The summed E-state index contributed by atoms with van der Waals surface area (Å²) in [6, 6.07) is 12.2. The van der Waals surface area contributed by atoms with Crippen LogP contribution < -0.4 is 16.4 Å². The molecule has 6 N–H and O–H groups in total. The van der Waals surface area contributed by atoms with E-state index in [1.807, 2.05) is 58.0 Å². The molecular formula is C34H50N4O6. The van der Waals surface area contributed by atoms with Crippen LogP contribution >= 0.6 is 0 Å². The lowest BCUT2D eigenvalue weighted by atomic mass is 9.83. The molecule has 10 heteroatoms. The molecule has 0 saturated heterocycles. The highest BCUT2D eigenvalue weighted by molar-refractivity contribution is 6.04. The summed E-state index contributed by atoms with van der Waals surface area (Å²) in [5.74, 6) is -3.23. The molecule has 4 atom stereocenters. The van der Waals surface area contributed by atoms with Crippen molar-refractivity contribution in [3.8, 4) is 0 Å². The van der Waals surface area contributed by atoms with Gasteiger partial charge in [0.2, 0.25) is 11.8 Å². The van der Waals surface area contributed by atoms with Crippen molar-refractivity contribution in [2.75, 3.05) is 19.6 Å². The number of benzene rings is 2. The van der Waals surface area contributed by atoms with Gasteiger partial charge in [0.05, 0.1) is 18.1 Å². The van der Waals surface area contributed by atoms with E-state index in [0.29, 0.717) is 19.6 Å². The third-order valence-corrected chi connectivity index (χ3v) is 7.45. The molecule has 0 bridgehead atoms. The Morgan fingerprint density at radius 1 is 0.841 bits per heavy atom. The van der Waals surface area contributed by atoms with E-state index < -0.39 is 36.0 Å². The van der Waals surface area contributed by atoms with Gasteiger partial charge in [0.15, 0.2) is 0 Å². The number of aliphatic hydroxyl groups is 2. The van der Waals surface area contributed by atoms with E-state index in [1.165, 1.54) is 18.2 Å². The highest BCUT2D eigenvalue weighted by atomic mass is 16.3. The van der Waals surface area contributed by atoms with Crippen LogP contribution in [0.3, 0.4) is 0 Å². The first-order valence-corrected chi connectivity index (χ1v) is 15.5. The molecule has 0 fully saturated rings. The lowest BCUT2D eigenvalue weighted by Gasteiger charge is -2.33. The number of nitrogens with one attached hydrogen (secondary N) is 2. The number of carbonyl (C=O) groups excluding carboxylic acids is 4. The number of hydrogen-bond donors (Lipinski definition) is 5. The average molecular weight is 611 g/mol.